The van der Waals surface area contributed by atoms with E-state index >= 15 is 4.39 Å². The van der Waals surface area contributed by atoms with E-state index in [0.29, 0.717) is 28.3 Å². The molecule has 9 heteroatoms. The lowest BCUT2D eigenvalue weighted by Crippen LogP contribution is -2.37. The van der Waals surface area contributed by atoms with Crippen LogP contribution >= 0.6 is 0 Å². The molecule has 1 atom stereocenters. The Balaban J connectivity index is 1.85. The number of rotatable bonds is 4. The van der Waals surface area contributed by atoms with Gasteiger partial charge in [0, 0.05) is 6.04 Å². The number of aromatic hydroxyl groups is 1. The van der Waals surface area contributed by atoms with Crippen molar-refractivity contribution in [2.75, 3.05) is 17.4 Å². The molecule has 1 fully saturated rings. The van der Waals surface area contributed by atoms with E-state index in [-0.39, 0.29) is 11.5 Å². The summed E-state index contributed by atoms with van der Waals surface area (Å²) in [5, 5.41) is 13.7. The molecule has 3 N–H and O–H groups in total. The van der Waals surface area contributed by atoms with Gasteiger partial charge in [-0.05, 0) is 54.8 Å². The van der Waals surface area contributed by atoms with Crippen molar-refractivity contribution < 1.29 is 22.7 Å². The molecule has 1 aromatic rings. The Morgan fingerprint density at radius 2 is 2.11 bits per heavy atom. The minimum atomic E-state index is -4.19. The Hall–Kier alpha value is -1.87. The van der Waals surface area contributed by atoms with E-state index in [2.05, 4.69) is 26.1 Å². The molecule has 27 heavy (non-hydrogen) atoms. The molecule has 1 aromatic carbocycles. The highest BCUT2D eigenvalue weighted by Crippen LogP contribution is 2.39. The molecule has 0 saturated carbocycles. The molecule has 1 heterocycles. The smallest absolute Gasteiger partial charge is 0.326 e. The first kappa shape index (κ1) is 19.9. The van der Waals surface area contributed by atoms with E-state index in [1.807, 2.05) is 0 Å². The number of hydrogen-bond donors (Lipinski definition) is 3. The highest BCUT2D eigenvalue weighted by atomic mass is 32.2. The summed E-state index contributed by atoms with van der Waals surface area (Å²) < 4.78 is 41.7. The van der Waals surface area contributed by atoms with Crippen molar-refractivity contribution >= 4 is 21.8 Å². The number of hydrogen-bond acceptors (Lipinski definition) is 5. The van der Waals surface area contributed by atoms with E-state index in [1.54, 1.807) is 4.72 Å². The maximum absolute atomic E-state index is 15.2. The third-order valence-corrected chi connectivity index (χ3v) is 6.38. The number of phenols is 1. The lowest BCUT2D eigenvalue weighted by atomic mass is 9.86. The van der Waals surface area contributed by atoms with Gasteiger partial charge in [-0.3, -0.25) is 4.79 Å². The van der Waals surface area contributed by atoms with E-state index in [1.165, 1.54) is 6.07 Å². The van der Waals surface area contributed by atoms with Crippen LogP contribution in [0.1, 0.15) is 44.7 Å². The number of carbonyl (C=O) groups is 1. The number of aryl methyl sites for hydroxylation is 1. The minimum absolute atomic E-state index is 0.0849. The topological polar surface area (TPSA) is 98.7 Å². The van der Waals surface area contributed by atoms with E-state index in [0.717, 1.165) is 19.4 Å². The molecule has 1 amide bonds. The first-order valence-corrected chi connectivity index (χ1v) is 10.5. The molecule has 1 aliphatic heterocycles. The second-order valence-corrected chi connectivity index (χ2v) is 10.0. The fourth-order valence-electron chi connectivity index (χ4n) is 3.55. The number of fused-ring (bicyclic) bond motifs is 1. The van der Waals surface area contributed by atoms with Crippen molar-refractivity contribution in [2.24, 2.45) is 5.41 Å². The van der Waals surface area contributed by atoms with Crippen LogP contribution in [-0.4, -0.2) is 38.6 Å². The fourth-order valence-corrected chi connectivity index (χ4v) is 4.71. The third kappa shape index (κ3) is 4.19. The van der Waals surface area contributed by atoms with Crippen LogP contribution in [0.5, 0.6) is 5.75 Å². The van der Waals surface area contributed by atoms with Gasteiger partial charge in [-0.15, -0.1) is 0 Å². The molecule has 7 nitrogen and oxygen atoms in total. The van der Waals surface area contributed by atoms with Gasteiger partial charge in [0.1, 0.15) is 18.0 Å². The van der Waals surface area contributed by atoms with Crippen LogP contribution < -0.4 is 14.3 Å². The molecule has 0 spiro atoms. The molecule has 150 valence electrons. The monoisotopic (exact) mass is 399 g/mol. The summed E-state index contributed by atoms with van der Waals surface area (Å²) >= 11 is 0. The molecule has 1 saturated heterocycles. The maximum Gasteiger partial charge on any atom is 0.326 e. The van der Waals surface area contributed by atoms with Crippen molar-refractivity contribution in [1.29, 1.82) is 0 Å². The van der Waals surface area contributed by atoms with Gasteiger partial charge in [0.05, 0.1) is 0 Å². The molecular weight excluding hydrogens is 373 g/mol. The summed E-state index contributed by atoms with van der Waals surface area (Å²) in [5.41, 5.74) is 0.825. The minimum Gasteiger partial charge on any atom is -0.506 e. The maximum atomic E-state index is 15.2. The predicted octanol–water partition coefficient (Wildman–Crippen LogP) is 1.60. The largest absolute Gasteiger partial charge is 0.506 e. The van der Waals surface area contributed by atoms with Crippen molar-refractivity contribution in [3.8, 4) is 5.75 Å². The molecule has 0 bridgehead atoms. The van der Waals surface area contributed by atoms with E-state index in [4.69, 9.17) is 0 Å². The number of amides is 1. The quantitative estimate of drug-likeness (QED) is 0.714. The zero-order chi connectivity index (χ0) is 20.0. The van der Waals surface area contributed by atoms with E-state index < -0.39 is 39.9 Å². The molecule has 1 aliphatic carbocycles. The number of nitrogens with one attached hydrogen (secondary N) is 2. The molecule has 0 aromatic heterocycles. The summed E-state index contributed by atoms with van der Waals surface area (Å²) in [7, 11) is -4.19. The summed E-state index contributed by atoms with van der Waals surface area (Å²) in [5.74, 6) is -1.99. The average Bonchev–Trinajstić information content (AvgIpc) is 2.79. The van der Waals surface area contributed by atoms with Crippen LogP contribution in [0, 0.1) is 11.2 Å². The van der Waals surface area contributed by atoms with Crippen molar-refractivity contribution in [1.82, 2.24) is 10.0 Å². The molecule has 0 radical (unpaired) electrons. The zero-order valence-corrected chi connectivity index (χ0v) is 16.6. The first-order valence-electron chi connectivity index (χ1n) is 9.08. The Morgan fingerprint density at radius 1 is 1.41 bits per heavy atom. The number of nitrogens with zero attached hydrogens (tertiary/aromatic N) is 1. The Kier molecular flexibility index (Phi) is 5.11. The lowest BCUT2D eigenvalue weighted by molar-refractivity contribution is -0.117. The van der Waals surface area contributed by atoms with Gasteiger partial charge >= 0.3 is 10.2 Å². The van der Waals surface area contributed by atoms with Crippen LogP contribution in [0.3, 0.4) is 0 Å². The highest BCUT2D eigenvalue weighted by Gasteiger charge is 2.39. The summed E-state index contributed by atoms with van der Waals surface area (Å²) in [6, 6.07) is 1.50. The van der Waals surface area contributed by atoms with Crippen LogP contribution in [-0.2, 0) is 27.8 Å². The standard InChI is InChI=1S/C18H26FN3O4S/c1-18(2,3)6-7-20-12-5-4-11-8-14(23)17(16(19)13(11)9-12)22-10-15(24)21-27(22,25)26/h8,12,20,23H,4-7,9-10H2,1-3H3,(H,21,24). The Morgan fingerprint density at radius 3 is 2.70 bits per heavy atom. The molecular formula is C18H26FN3O4S. The van der Waals surface area contributed by atoms with Gasteiger partial charge in [0.25, 0.3) is 5.91 Å². The van der Waals surface area contributed by atoms with Crippen LogP contribution in [0.2, 0.25) is 0 Å². The molecule has 3 rings (SSSR count). The van der Waals surface area contributed by atoms with Gasteiger partial charge < -0.3 is 10.4 Å². The van der Waals surface area contributed by atoms with Gasteiger partial charge in [-0.2, -0.15) is 8.42 Å². The SMILES string of the molecule is CC(C)(C)CCNC1CCc2cc(O)c(N3CC(=O)NS3(=O)=O)c(F)c2C1. The Bertz CT molecular complexity index is 864. The summed E-state index contributed by atoms with van der Waals surface area (Å²) in [6.07, 6.45) is 2.81. The van der Waals surface area contributed by atoms with Gasteiger partial charge in [0.15, 0.2) is 5.82 Å². The highest BCUT2D eigenvalue weighted by molar-refractivity contribution is 7.92. The number of carbonyl (C=O) groups excluding carboxylic acids is 1. The van der Waals surface area contributed by atoms with Crippen LogP contribution in [0.25, 0.3) is 0 Å². The van der Waals surface area contributed by atoms with Crippen molar-refractivity contribution in [3.05, 3.63) is 23.0 Å². The lowest BCUT2D eigenvalue weighted by Gasteiger charge is -2.29. The Labute approximate surface area is 159 Å². The van der Waals surface area contributed by atoms with Gasteiger partial charge in [0.2, 0.25) is 0 Å². The summed E-state index contributed by atoms with van der Waals surface area (Å²) in [6.45, 7) is 6.75. The number of anilines is 1. The normalized spacial score (nSPS) is 21.9. The number of benzene rings is 1. The number of halogens is 1. The average molecular weight is 399 g/mol. The third-order valence-electron chi connectivity index (χ3n) is 5.00. The first-order chi connectivity index (χ1) is 12.5. The fraction of sp³-hybridized carbons (Fsp3) is 0.611. The summed E-state index contributed by atoms with van der Waals surface area (Å²) in [4.78, 5) is 11.5. The zero-order valence-electron chi connectivity index (χ0n) is 15.8. The van der Waals surface area contributed by atoms with Gasteiger partial charge in [-0.25, -0.2) is 13.4 Å². The van der Waals surface area contributed by atoms with Crippen LogP contribution in [0.15, 0.2) is 6.07 Å². The molecule has 1 unspecified atom stereocenters. The van der Waals surface area contributed by atoms with Crippen molar-refractivity contribution in [2.45, 2.75) is 52.5 Å². The van der Waals surface area contributed by atoms with Gasteiger partial charge in [-0.1, -0.05) is 20.8 Å². The van der Waals surface area contributed by atoms with E-state index in [9.17, 15) is 18.3 Å². The molecule has 2 aliphatic rings. The second-order valence-electron chi connectivity index (χ2n) is 8.44. The van der Waals surface area contributed by atoms with Crippen molar-refractivity contribution in [3.63, 3.8) is 0 Å². The predicted molar refractivity (Wildman–Crippen MR) is 100 cm³/mol. The number of phenolic OH excluding ortho intramolecular Hbond substituents is 1. The van der Waals surface area contributed by atoms with Crippen LogP contribution in [0.4, 0.5) is 10.1 Å². The second kappa shape index (κ2) is 6.94.